The maximum atomic E-state index is 11.7. The highest BCUT2D eigenvalue weighted by molar-refractivity contribution is 5.77. The monoisotopic (exact) mass is 227 g/mol. The summed E-state index contributed by atoms with van der Waals surface area (Å²) in [5.74, 6) is 0.155. The molecule has 0 aliphatic carbocycles. The highest BCUT2D eigenvalue weighted by Gasteiger charge is 2.32. The van der Waals surface area contributed by atoms with E-state index in [1.54, 1.807) is 0 Å². The average Bonchev–Trinajstić information content (AvgIpc) is 2.36. The van der Waals surface area contributed by atoms with E-state index >= 15 is 0 Å². The number of piperidine rings is 1. The molecule has 0 unspecified atom stereocenters. The van der Waals surface area contributed by atoms with Crippen LogP contribution in [0.3, 0.4) is 0 Å². The van der Waals surface area contributed by atoms with Crippen LogP contribution in [0.4, 0.5) is 0 Å². The van der Waals surface area contributed by atoms with Crippen LogP contribution in [0.25, 0.3) is 0 Å². The summed E-state index contributed by atoms with van der Waals surface area (Å²) >= 11 is 0. The number of hydrogen-bond acceptors (Lipinski definition) is 2. The molecule has 1 amide bonds. The van der Waals surface area contributed by atoms with E-state index in [9.17, 15) is 4.79 Å². The molecule has 3 nitrogen and oxygen atoms in total. The zero-order valence-corrected chi connectivity index (χ0v) is 10.9. The molecular formula is C13H25NO2. The van der Waals surface area contributed by atoms with E-state index in [2.05, 4.69) is 13.8 Å². The summed E-state index contributed by atoms with van der Waals surface area (Å²) in [6.07, 6.45) is 4.77. The van der Waals surface area contributed by atoms with Gasteiger partial charge in [-0.2, -0.15) is 0 Å². The Hall–Kier alpha value is -0.570. The van der Waals surface area contributed by atoms with Crippen molar-refractivity contribution in [3.8, 4) is 0 Å². The number of ether oxygens (including phenoxy) is 1. The van der Waals surface area contributed by atoms with Crippen molar-refractivity contribution < 1.29 is 9.53 Å². The van der Waals surface area contributed by atoms with E-state index in [4.69, 9.17) is 4.74 Å². The van der Waals surface area contributed by atoms with Crippen molar-refractivity contribution in [2.45, 2.75) is 46.5 Å². The van der Waals surface area contributed by atoms with Gasteiger partial charge in [0, 0.05) is 19.7 Å². The van der Waals surface area contributed by atoms with Crippen molar-refractivity contribution in [2.75, 3.05) is 26.3 Å². The predicted octanol–water partition coefficient (Wildman–Crippen LogP) is 2.45. The van der Waals surface area contributed by atoms with Crippen LogP contribution < -0.4 is 0 Å². The molecule has 1 fully saturated rings. The Morgan fingerprint density at radius 3 is 2.19 bits per heavy atom. The predicted molar refractivity (Wildman–Crippen MR) is 65.3 cm³/mol. The van der Waals surface area contributed by atoms with Crippen LogP contribution in [-0.2, 0) is 9.53 Å². The van der Waals surface area contributed by atoms with Crippen LogP contribution in [0.5, 0.6) is 0 Å². The number of rotatable bonds is 5. The number of likely N-dealkylation sites (tertiary alicyclic amines) is 1. The largest absolute Gasteiger partial charge is 0.372 e. The first kappa shape index (κ1) is 13.5. The SMILES string of the molecule is CCOCC(=O)N1CCC(CC)(CC)CC1. The normalized spacial score (nSPS) is 19.8. The molecule has 0 atom stereocenters. The van der Waals surface area contributed by atoms with Gasteiger partial charge < -0.3 is 9.64 Å². The van der Waals surface area contributed by atoms with Gasteiger partial charge in [-0.05, 0) is 25.2 Å². The summed E-state index contributed by atoms with van der Waals surface area (Å²) in [6, 6.07) is 0. The minimum atomic E-state index is 0.155. The second kappa shape index (κ2) is 6.24. The lowest BCUT2D eigenvalue weighted by Gasteiger charge is -2.41. The standard InChI is InChI=1S/C13H25NO2/c1-4-13(5-2)7-9-14(10-8-13)12(15)11-16-6-3/h4-11H2,1-3H3. The molecule has 0 saturated carbocycles. The lowest BCUT2D eigenvalue weighted by molar-refractivity contribution is -0.138. The van der Waals surface area contributed by atoms with Gasteiger partial charge >= 0.3 is 0 Å². The molecule has 16 heavy (non-hydrogen) atoms. The van der Waals surface area contributed by atoms with Gasteiger partial charge in [0.15, 0.2) is 0 Å². The van der Waals surface area contributed by atoms with Crippen LogP contribution in [-0.4, -0.2) is 37.1 Å². The Balaban J connectivity index is 2.39. The fraction of sp³-hybridized carbons (Fsp3) is 0.923. The molecule has 0 aromatic rings. The Bertz CT molecular complexity index is 214. The topological polar surface area (TPSA) is 29.5 Å². The molecule has 1 heterocycles. The molecule has 1 aliphatic heterocycles. The molecule has 0 aromatic heterocycles. The molecule has 1 saturated heterocycles. The quantitative estimate of drug-likeness (QED) is 0.722. The first-order valence-electron chi connectivity index (χ1n) is 6.53. The van der Waals surface area contributed by atoms with Gasteiger partial charge in [0.25, 0.3) is 0 Å². The van der Waals surface area contributed by atoms with Crippen LogP contribution >= 0.6 is 0 Å². The molecule has 0 aromatic carbocycles. The smallest absolute Gasteiger partial charge is 0.248 e. The summed E-state index contributed by atoms with van der Waals surface area (Å²) in [7, 11) is 0. The lowest BCUT2D eigenvalue weighted by atomic mass is 9.74. The van der Waals surface area contributed by atoms with E-state index < -0.39 is 0 Å². The van der Waals surface area contributed by atoms with Crippen molar-refractivity contribution in [3.05, 3.63) is 0 Å². The van der Waals surface area contributed by atoms with Gasteiger partial charge in [-0.1, -0.05) is 26.7 Å². The number of hydrogen-bond donors (Lipinski definition) is 0. The van der Waals surface area contributed by atoms with Gasteiger partial charge in [-0.25, -0.2) is 0 Å². The third-order valence-electron chi connectivity index (χ3n) is 4.11. The van der Waals surface area contributed by atoms with Crippen molar-refractivity contribution >= 4 is 5.91 Å². The van der Waals surface area contributed by atoms with Gasteiger partial charge in [0.05, 0.1) is 0 Å². The lowest BCUT2D eigenvalue weighted by Crippen LogP contribution is -2.44. The minimum absolute atomic E-state index is 0.155. The van der Waals surface area contributed by atoms with Crippen molar-refractivity contribution in [3.63, 3.8) is 0 Å². The number of carbonyl (C=O) groups is 1. The maximum absolute atomic E-state index is 11.7. The summed E-state index contributed by atoms with van der Waals surface area (Å²) in [4.78, 5) is 13.7. The Morgan fingerprint density at radius 2 is 1.75 bits per heavy atom. The second-order valence-electron chi connectivity index (χ2n) is 4.73. The third kappa shape index (κ3) is 3.21. The van der Waals surface area contributed by atoms with Gasteiger partial charge in [-0.3, -0.25) is 4.79 Å². The van der Waals surface area contributed by atoms with E-state index in [0.29, 0.717) is 12.0 Å². The summed E-state index contributed by atoms with van der Waals surface area (Å²) in [5.41, 5.74) is 0.488. The molecule has 94 valence electrons. The Kier molecular flexibility index (Phi) is 5.26. The summed E-state index contributed by atoms with van der Waals surface area (Å²) < 4.78 is 5.16. The first-order valence-corrected chi connectivity index (χ1v) is 6.53. The van der Waals surface area contributed by atoms with E-state index in [1.807, 2.05) is 11.8 Å². The van der Waals surface area contributed by atoms with Crippen LogP contribution in [0.15, 0.2) is 0 Å². The highest BCUT2D eigenvalue weighted by atomic mass is 16.5. The van der Waals surface area contributed by atoms with E-state index in [1.165, 1.54) is 12.8 Å². The molecule has 3 heteroatoms. The van der Waals surface area contributed by atoms with Gasteiger partial charge in [0.1, 0.15) is 6.61 Å². The molecule has 0 radical (unpaired) electrons. The fourth-order valence-electron chi connectivity index (χ4n) is 2.47. The third-order valence-corrected chi connectivity index (χ3v) is 4.11. The summed E-state index contributed by atoms with van der Waals surface area (Å²) in [6.45, 7) is 9.14. The Labute approximate surface area is 99.1 Å². The zero-order valence-electron chi connectivity index (χ0n) is 10.9. The minimum Gasteiger partial charge on any atom is -0.372 e. The van der Waals surface area contributed by atoms with Crippen molar-refractivity contribution in [1.29, 1.82) is 0 Å². The van der Waals surface area contributed by atoms with E-state index in [0.717, 1.165) is 25.9 Å². The van der Waals surface area contributed by atoms with Gasteiger partial charge in [0.2, 0.25) is 5.91 Å². The summed E-state index contributed by atoms with van der Waals surface area (Å²) in [5, 5.41) is 0. The van der Waals surface area contributed by atoms with E-state index in [-0.39, 0.29) is 12.5 Å². The van der Waals surface area contributed by atoms with Crippen LogP contribution in [0.1, 0.15) is 46.5 Å². The first-order chi connectivity index (χ1) is 7.67. The fourth-order valence-corrected chi connectivity index (χ4v) is 2.47. The molecule has 0 N–H and O–H groups in total. The molecule has 0 bridgehead atoms. The van der Waals surface area contributed by atoms with Crippen molar-refractivity contribution in [1.82, 2.24) is 4.90 Å². The van der Waals surface area contributed by atoms with Crippen molar-refractivity contribution in [2.24, 2.45) is 5.41 Å². The Morgan fingerprint density at radius 1 is 1.19 bits per heavy atom. The molecule has 1 aliphatic rings. The zero-order chi connectivity index (χ0) is 12.0. The average molecular weight is 227 g/mol. The van der Waals surface area contributed by atoms with Crippen LogP contribution in [0, 0.1) is 5.41 Å². The number of amides is 1. The van der Waals surface area contributed by atoms with Crippen LogP contribution in [0.2, 0.25) is 0 Å². The molecular weight excluding hydrogens is 202 g/mol. The number of carbonyl (C=O) groups excluding carboxylic acids is 1. The maximum Gasteiger partial charge on any atom is 0.248 e. The number of nitrogens with zero attached hydrogens (tertiary/aromatic N) is 1. The molecule has 1 rings (SSSR count). The molecule has 0 spiro atoms. The second-order valence-corrected chi connectivity index (χ2v) is 4.73. The highest BCUT2D eigenvalue weighted by Crippen LogP contribution is 2.37. The van der Waals surface area contributed by atoms with Gasteiger partial charge in [-0.15, -0.1) is 0 Å².